The maximum Gasteiger partial charge on any atom is 0.314 e. The molecule has 2 aromatic rings. The highest BCUT2D eigenvalue weighted by atomic mass is 31.1. The molecule has 2 aromatic carbocycles. The second-order valence-electron chi connectivity index (χ2n) is 23.2. The van der Waals surface area contributed by atoms with Gasteiger partial charge in [0.05, 0.1) is 13.2 Å². The topological polar surface area (TPSA) is 110 Å². The second kappa shape index (κ2) is 45.9. The number of carbonyl (C=O) groups excluding carboxylic acids is 2. The van der Waals surface area contributed by atoms with Gasteiger partial charge in [0, 0.05) is 12.8 Å². The van der Waals surface area contributed by atoms with Gasteiger partial charge >= 0.3 is 20.2 Å². The summed E-state index contributed by atoms with van der Waals surface area (Å²) in [5.74, 6) is -0.112. The summed E-state index contributed by atoms with van der Waals surface area (Å²) in [7, 11) is -3.13. The van der Waals surface area contributed by atoms with E-state index in [0.717, 1.165) is 25.7 Å². The van der Waals surface area contributed by atoms with Crippen molar-refractivity contribution in [3.8, 4) is 0 Å². The highest BCUT2D eigenvalue weighted by Crippen LogP contribution is 2.27. The molecule has 0 aliphatic carbocycles. The Hall–Kier alpha value is -2.47. The molecule has 0 radical (unpaired) electrons. The number of hydrogen-bond donors (Lipinski definition) is 2. The first kappa shape index (κ1) is 69.5. The summed E-state index contributed by atoms with van der Waals surface area (Å²) in [6, 6.07) is 13.4. The smallest absolute Gasteiger partial charge is 0.314 e. The minimum Gasteiger partial charge on any atom is -0.466 e. The highest BCUT2D eigenvalue weighted by molar-refractivity contribution is 7.30. The minimum atomic E-state index is -3.13. The lowest BCUT2D eigenvalue weighted by atomic mass is 9.84. The van der Waals surface area contributed by atoms with Crippen LogP contribution in [0.15, 0.2) is 36.4 Å². The van der Waals surface area contributed by atoms with Crippen LogP contribution in [0.5, 0.6) is 0 Å². The molecule has 8 heteroatoms. The van der Waals surface area contributed by atoms with Gasteiger partial charge in [0.25, 0.3) is 0 Å². The number of unbranched alkanes of at least 4 members (excludes halogenated alkanes) is 30. The van der Waals surface area contributed by atoms with E-state index >= 15 is 0 Å². The van der Waals surface area contributed by atoms with Gasteiger partial charge in [-0.3, -0.25) is 14.2 Å². The molecule has 0 spiro atoms. The maximum atomic E-state index is 12.1. The average Bonchev–Trinajstić information content (AvgIpc) is 3.31. The van der Waals surface area contributed by atoms with E-state index in [0.29, 0.717) is 26.1 Å². The zero-order valence-corrected chi connectivity index (χ0v) is 49.8. The Morgan fingerprint density at radius 1 is 0.403 bits per heavy atom. The van der Waals surface area contributed by atoms with Gasteiger partial charge < -0.3 is 19.3 Å². The molecule has 2 rings (SSSR count). The van der Waals surface area contributed by atoms with Crippen molar-refractivity contribution < 1.29 is 33.4 Å². The van der Waals surface area contributed by atoms with E-state index in [1.54, 1.807) is 0 Å². The van der Waals surface area contributed by atoms with E-state index in [4.69, 9.17) is 23.8 Å². The molecular formula is C64H115O7P. The summed E-state index contributed by atoms with van der Waals surface area (Å²) in [6.07, 6.45) is 46.0. The number of benzene rings is 2. The first-order valence-electron chi connectivity index (χ1n) is 29.8. The van der Waals surface area contributed by atoms with Crippen molar-refractivity contribution in [1.82, 2.24) is 0 Å². The van der Waals surface area contributed by atoms with Crippen LogP contribution in [-0.2, 0) is 47.3 Å². The Balaban J connectivity index is 0.00000130. The minimum absolute atomic E-state index is 0.0558. The SMILES string of the molecule is CCCCCCCCCCCCCCCCCCOC(=O)CCc1cc(C)cc(C(C)(C)C)c1.CCCCCCCCCCCCCCCCCCOC(=O)CCc1cc(C)cc(C(C)(C)C)c1.O=[PH](O)O. The number of ether oxygens (including phenoxy) is 2. The lowest BCUT2D eigenvalue weighted by molar-refractivity contribution is -0.144. The summed E-state index contributed by atoms with van der Waals surface area (Å²) < 4.78 is 19.7. The quantitative estimate of drug-likeness (QED) is 0.0389. The summed E-state index contributed by atoms with van der Waals surface area (Å²) in [5.41, 5.74) is 7.96. The molecule has 0 bridgehead atoms. The fraction of sp³-hybridized carbons (Fsp3) is 0.781. The zero-order chi connectivity index (χ0) is 53.7. The van der Waals surface area contributed by atoms with E-state index in [2.05, 4.69) is 106 Å². The van der Waals surface area contributed by atoms with Gasteiger partial charge in [-0.25, -0.2) is 0 Å². The second-order valence-corrected chi connectivity index (χ2v) is 23.8. The highest BCUT2D eigenvalue weighted by Gasteiger charge is 2.16. The molecule has 0 heterocycles. The Morgan fingerprint density at radius 2 is 0.625 bits per heavy atom. The van der Waals surface area contributed by atoms with Crippen molar-refractivity contribution in [2.45, 2.75) is 311 Å². The Morgan fingerprint density at radius 3 is 0.847 bits per heavy atom. The monoisotopic (exact) mass is 1030 g/mol. The molecule has 0 aliphatic rings. The summed E-state index contributed by atoms with van der Waals surface area (Å²) in [4.78, 5) is 38.6. The molecule has 72 heavy (non-hydrogen) atoms. The van der Waals surface area contributed by atoms with Gasteiger partial charge in [0.2, 0.25) is 0 Å². The van der Waals surface area contributed by atoms with E-state index in [1.165, 1.54) is 226 Å². The third-order valence-electron chi connectivity index (χ3n) is 13.8. The van der Waals surface area contributed by atoms with Crippen LogP contribution in [0.25, 0.3) is 0 Å². The normalized spacial score (nSPS) is 11.5. The third-order valence-corrected chi connectivity index (χ3v) is 13.8. The van der Waals surface area contributed by atoms with Crippen LogP contribution < -0.4 is 0 Å². The van der Waals surface area contributed by atoms with E-state index < -0.39 is 8.25 Å². The molecule has 418 valence electrons. The molecule has 0 unspecified atom stereocenters. The van der Waals surface area contributed by atoms with E-state index in [1.807, 2.05) is 0 Å². The van der Waals surface area contributed by atoms with Gasteiger partial charge in [0.1, 0.15) is 0 Å². The fourth-order valence-corrected chi connectivity index (χ4v) is 9.19. The standard InChI is InChI=1S/2C32H56O2.H3O3P/c2*1-6-7-8-9-10-11-12-13-14-15-16-17-18-19-20-21-24-34-31(33)23-22-29-25-28(2)26-30(27-29)32(3,4)5;1-4(2)3/h2*25-27H,6-24H2,1-5H3;4H,(H2,1,2,3). The van der Waals surface area contributed by atoms with Crippen LogP contribution in [0.2, 0.25) is 0 Å². The van der Waals surface area contributed by atoms with Crippen LogP contribution in [0.1, 0.15) is 307 Å². The van der Waals surface area contributed by atoms with Gasteiger partial charge in [-0.1, -0.05) is 296 Å². The maximum absolute atomic E-state index is 12.1. The van der Waals surface area contributed by atoms with Crippen molar-refractivity contribution in [2.24, 2.45) is 0 Å². The number of aryl methyl sites for hydroxylation is 4. The number of esters is 2. The molecule has 0 saturated carbocycles. The zero-order valence-electron chi connectivity index (χ0n) is 48.8. The van der Waals surface area contributed by atoms with Crippen molar-refractivity contribution in [2.75, 3.05) is 13.2 Å². The first-order chi connectivity index (χ1) is 34.4. The van der Waals surface area contributed by atoms with Crippen LogP contribution in [0, 0.1) is 13.8 Å². The van der Waals surface area contributed by atoms with Crippen molar-refractivity contribution in [3.05, 3.63) is 69.8 Å². The third kappa shape index (κ3) is 45.0. The Labute approximate surface area is 445 Å². The molecule has 0 saturated heterocycles. The predicted molar refractivity (Wildman–Crippen MR) is 311 cm³/mol. The predicted octanol–water partition coefficient (Wildman–Crippen LogP) is 19.4. The molecule has 0 fully saturated rings. The van der Waals surface area contributed by atoms with Gasteiger partial charge in [-0.2, -0.15) is 0 Å². The molecule has 7 nitrogen and oxygen atoms in total. The molecular weight excluding hydrogens is 912 g/mol. The van der Waals surface area contributed by atoms with Gasteiger partial charge in [-0.05, 0) is 72.6 Å². The summed E-state index contributed by atoms with van der Waals surface area (Å²) in [5, 5.41) is 0. The molecule has 0 amide bonds. The molecule has 0 aromatic heterocycles. The van der Waals surface area contributed by atoms with Crippen molar-refractivity contribution in [1.29, 1.82) is 0 Å². The first-order valence-corrected chi connectivity index (χ1v) is 31.1. The van der Waals surface area contributed by atoms with Gasteiger partial charge in [-0.15, -0.1) is 0 Å². The summed E-state index contributed by atoms with van der Waals surface area (Å²) in [6.45, 7) is 23.4. The van der Waals surface area contributed by atoms with Crippen molar-refractivity contribution >= 4 is 20.2 Å². The van der Waals surface area contributed by atoms with Crippen LogP contribution in [0.4, 0.5) is 0 Å². The Kier molecular flexibility index (Phi) is 44.3. The van der Waals surface area contributed by atoms with Crippen LogP contribution in [-0.4, -0.2) is 34.9 Å². The summed E-state index contributed by atoms with van der Waals surface area (Å²) >= 11 is 0. The lowest BCUT2D eigenvalue weighted by Crippen LogP contribution is -2.12. The lowest BCUT2D eigenvalue weighted by Gasteiger charge is -2.20. The van der Waals surface area contributed by atoms with E-state index in [9.17, 15) is 9.59 Å². The van der Waals surface area contributed by atoms with Crippen LogP contribution in [0.3, 0.4) is 0 Å². The number of hydrogen-bond acceptors (Lipinski definition) is 5. The molecule has 2 N–H and O–H groups in total. The number of carbonyl (C=O) groups is 2. The van der Waals surface area contributed by atoms with E-state index in [-0.39, 0.29) is 22.8 Å². The van der Waals surface area contributed by atoms with Crippen molar-refractivity contribution in [3.63, 3.8) is 0 Å². The molecule has 0 atom stereocenters. The molecule has 0 aliphatic heterocycles. The Bertz CT molecular complexity index is 1510. The fourth-order valence-electron chi connectivity index (χ4n) is 9.19. The largest absolute Gasteiger partial charge is 0.466 e. The average molecular weight is 1030 g/mol. The van der Waals surface area contributed by atoms with Gasteiger partial charge in [0.15, 0.2) is 0 Å². The number of rotatable bonds is 40. The van der Waals surface area contributed by atoms with Crippen LogP contribution >= 0.6 is 8.25 Å².